The minimum atomic E-state index is -0.458. The molecule has 1 heterocycles. The Kier molecular flexibility index (Phi) is 4.29. The second-order valence-electron chi connectivity index (χ2n) is 2.49. The van der Waals surface area contributed by atoms with Gasteiger partial charge < -0.3 is 15.6 Å². The topological polar surface area (TPSA) is 90.4 Å². The van der Waals surface area contributed by atoms with E-state index in [1.165, 1.54) is 4.57 Å². The highest BCUT2D eigenvalue weighted by Gasteiger charge is 2.02. The molecule has 14 heavy (non-hydrogen) atoms. The van der Waals surface area contributed by atoms with Crippen molar-refractivity contribution in [3.8, 4) is 0 Å². The van der Waals surface area contributed by atoms with E-state index in [0.717, 1.165) is 0 Å². The summed E-state index contributed by atoms with van der Waals surface area (Å²) >= 11 is 1.98. The summed E-state index contributed by atoms with van der Waals surface area (Å²) in [4.78, 5) is 14.8. The fraction of sp³-hybridized carbons (Fsp3) is 0.429. The van der Waals surface area contributed by atoms with Gasteiger partial charge in [-0.3, -0.25) is 4.57 Å². The molecule has 3 N–H and O–H groups in total. The summed E-state index contributed by atoms with van der Waals surface area (Å²) in [5.41, 5.74) is 4.97. The quantitative estimate of drug-likeness (QED) is 0.572. The first kappa shape index (κ1) is 11.4. The number of aliphatic hydroxyl groups excluding tert-OH is 1. The van der Waals surface area contributed by atoms with Crippen LogP contribution in [-0.2, 0) is 11.5 Å². The average molecular weight is 311 g/mol. The molecule has 1 rings (SSSR count). The third-order valence-corrected chi connectivity index (χ3v) is 2.27. The lowest BCUT2D eigenvalue weighted by atomic mass is 10.6. The molecular formula is C7H10IN3O3. The molecule has 78 valence electrons. The molecule has 0 aliphatic heterocycles. The van der Waals surface area contributed by atoms with Gasteiger partial charge in [-0.2, -0.15) is 4.98 Å². The molecule has 0 unspecified atom stereocenters. The number of ether oxygens (including phenoxy) is 1. The largest absolute Gasteiger partial charge is 0.394 e. The van der Waals surface area contributed by atoms with Crippen LogP contribution in [-0.4, -0.2) is 27.9 Å². The zero-order valence-corrected chi connectivity index (χ0v) is 9.47. The van der Waals surface area contributed by atoms with Gasteiger partial charge in [-0.15, -0.1) is 0 Å². The second kappa shape index (κ2) is 5.27. The lowest BCUT2D eigenvalue weighted by Crippen LogP contribution is -2.25. The number of rotatable bonds is 4. The summed E-state index contributed by atoms with van der Waals surface area (Å²) in [6.07, 6.45) is 1.56. The Bertz CT molecular complexity index is 366. The molecule has 0 spiro atoms. The van der Waals surface area contributed by atoms with Crippen LogP contribution < -0.4 is 11.4 Å². The number of nitrogens with zero attached hydrogens (tertiary/aromatic N) is 2. The molecule has 6 nitrogen and oxygen atoms in total. The van der Waals surface area contributed by atoms with Crippen molar-refractivity contribution in [3.63, 3.8) is 0 Å². The van der Waals surface area contributed by atoms with E-state index in [1.54, 1.807) is 6.20 Å². The fourth-order valence-electron chi connectivity index (χ4n) is 0.799. The molecule has 0 atom stereocenters. The summed E-state index contributed by atoms with van der Waals surface area (Å²) in [6.45, 7) is 0.185. The van der Waals surface area contributed by atoms with Crippen molar-refractivity contribution < 1.29 is 9.84 Å². The van der Waals surface area contributed by atoms with Crippen LogP contribution in [0, 0.1) is 3.57 Å². The first-order chi connectivity index (χ1) is 6.65. The van der Waals surface area contributed by atoms with E-state index < -0.39 is 5.69 Å². The highest BCUT2D eigenvalue weighted by atomic mass is 127. The van der Waals surface area contributed by atoms with Crippen molar-refractivity contribution in [1.82, 2.24) is 9.55 Å². The molecular weight excluding hydrogens is 301 g/mol. The number of anilines is 1. The van der Waals surface area contributed by atoms with Gasteiger partial charge in [0.1, 0.15) is 12.5 Å². The maximum Gasteiger partial charge on any atom is 0.351 e. The molecule has 0 bridgehead atoms. The van der Waals surface area contributed by atoms with Gasteiger partial charge >= 0.3 is 5.69 Å². The minimum absolute atomic E-state index is 0.0721. The van der Waals surface area contributed by atoms with Crippen LogP contribution in [0.5, 0.6) is 0 Å². The van der Waals surface area contributed by atoms with Gasteiger partial charge in [-0.25, -0.2) is 4.79 Å². The third-order valence-electron chi connectivity index (χ3n) is 1.44. The van der Waals surface area contributed by atoms with Crippen molar-refractivity contribution in [2.45, 2.75) is 6.73 Å². The number of hydrogen-bond acceptors (Lipinski definition) is 5. The van der Waals surface area contributed by atoms with E-state index in [0.29, 0.717) is 3.57 Å². The highest BCUT2D eigenvalue weighted by molar-refractivity contribution is 14.1. The fourth-order valence-corrected chi connectivity index (χ4v) is 1.26. The van der Waals surface area contributed by atoms with Gasteiger partial charge in [0.15, 0.2) is 0 Å². The van der Waals surface area contributed by atoms with Gasteiger partial charge in [0, 0.05) is 6.20 Å². The van der Waals surface area contributed by atoms with Crippen LogP contribution >= 0.6 is 22.6 Å². The van der Waals surface area contributed by atoms with Gasteiger partial charge in [-0.05, 0) is 22.6 Å². The first-order valence-electron chi connectivity index (χ1n) is 3.86. The average Bonchev–Trinajstić information content (AvgIpc) is 2.14. The van der Waals surface area contributed by atoms with Gasteiger partial charge in [0.2, 0.25) is 0 Å². The van der Waals surface area contributed by atoms with Crippen molar-refractivity contribution in [2.24, 2.45) is 0 Å². The number of nitrogen functional groups attached to an aromatic ring is 1. The second-order valence-corrected chi connectivity index (χ2v) is 3.65. The Hall–Kier alpha value is -0.670. The Balaban J connectivity index is 2.77. The van der Waals surface area contributed by atoms with Crippen LogP contribution in [0.2, 0.25) is 0 Å². The lowest BCUT2D eigenvalue weighted by Gasteiger charge is -2.06. The number of aliphatic hydroxyl groups is 1. The lowest BCUT2D eigenvalue weighted by molar-refractivity contribution is 0.0457. The van der Waals surface area contributed by atoms with Gasteiger partial charge in [0.25, 0.3) is 0 Å². The number of hydrogen-bond donors (Lipinski definition) is 2. The summed E-state index contributed by atoms with van der Waals surface area (Å²) in [6, 6.07) is 0. The van der Waals surface area contributed by atoms with Crippen LogP contribution in [0.3, 0.4) is 0 Å². The zero-order valence-electron chi connectivity index (χ0n) is 7.31. The standard InChI is InChI=1S/C7H10IN3O3/c8-5-3-11(4-14-2-1-12)7(13)10-6(5)9/h3,12H,1-2,4H2,(H2,9,10,13). The number of aromatic nitrogens is 2. The minimum Gasteiger partial charge on any atom is -0.394 e. The first-order valence-corrected chi connectivity index (χ1v) is 4.94. The highest BCUT2D eigenvalue weighted by Crippen LogP contribution is 2.07. The molecule has 1 aromatic rings. The Morgan fingerprint density at radius 2 is 2.43 bits per heavy atom. The molecule has 0 saturated heterocycles. The van der Waals surface area contributed by atoms with Crippen molar-refractivity contribution in [2.75, 3.05) is 18.9 Å². The zero-order chi connectivity index (χ0) is 10.6. The smallest absolute Gasteiger partial charge is 0.351 e. The maximum atomic E-state index is 11.2. The van der Waals surface area contributed by atoms with Crippen LogP contribution in [0.15, 0.2) is 11.0 Å². The van der Waals surface area contributed by atoms with Crippen LogP contribution in [0.1, 0.15) is 0 Å². The summed E-state index contributed by atoms with van der Waals surface area (Å²) < 4.78 is 6.95. The number of nitrogens with two attached hydrogens (primary N) is 1. The van der Waals surface area contributed by atoms with Crippen LogP contribution in [0.25, 0.3) is 0 Å². The Morgan fingerprint density at radius 3 is 3.07 bits per heavy atom. The monoisotopic (exact) mass is 311 g/mol. The van der Waals surface area contributed by atoms with Gasteiger partial charge in [0.05, 0.1) is 16.8 Å². The third kappa shape index (κ3) is 2.93. The molecule has 7 heteroatoms. The molecule has 0 fully saturated rings. The molecule has 1 aromatic heterocycles. The van der Waals surface area contributed by atoms with E-state index in [1.807, 2.05) is 22.6 Å². The summed E-state index contributed by atoms with van der Waals surface area (Å²) in [5.74, 6) is 0.217. The normalized spacial score (nSPS) is 10.4. The maximum absolute atomic E-state index is 11.2. The molecule has 0 amide bonds. The van der Waals surface area contributed by atoms with Crippen molar-refractivity contribution in [1.29, 1.82) is 0 Å². The molecule has 0 aliphatic carbocycles. The van der Waals surface area contributed by atoms with E-state index in [9.17, 15) is 4.79 Å². The van der Waals surface area contributed by atoms with Crippen LogP contribution in [0.4, 0.5) is 5.82 Å². The molecule has 0 radical (unpaired) electrons. The van der Waals surface area contributed by atoms with Crippen molar-refractivity contribution >= 4 is 28.4 Å². The van der Waals surface area contributed by atoms with E-state index in [-0.39, 0.29) is 25.8 Å². The summed E-state index contributed by atoms with van der Waals surface area (Å²) in [7, 11) is 0. The van der Waals surface area contributed by atoms with E-state index in [4.69, 9.17) is 15.6 Å². The SMILES string of the molecule is Nc1nc(=O)n(COCCO)cc1I. The molecule has 0 aliphatic rings. The number of halogens is 1. The Labute approximate surface area is 93.8 Å². The predicted molar refractivity (Wildman–Crippen MR) is 58.7 cm³/mol. The van der Waals surface area contributed by atoms with Crippen molar-refractivity contribution in [3.05, 3.63) is 20.3 Å². The van der Waals surface area contributed by atoms with Gasteiger partial charge in [-0.1, -0.05) is 0 Å². The predicted octanol–water partition coefficient (Wildman–Crippen LogP) is -0.604. The van der Waals surface area contributed by atoms with E-state index >= 15 is 0 Å². The Morgan fingerprint density at radius 1 is 1.71 bits per heavy atom. The van der Waals surface area contributed by atoms with E-state index in [2.05, 4.69) is 4.98 Å². The summed E-state index contributed by atoms with van der Waals surface area (Å²) in [5, 5.41) is 8.46. The molecule has 0 aromatic carbocycles. The molecule has 0 saturated carbocycles.